The maximum atomic E-state index is 10.4. The van der Waals surface area contributed by atoms with Crippen LogP contribution in [-0.4, -0.2) is 22.7 Å². The standard InChI is InChI=1S/C5H9BrO3/c1-2-3-9-5(8)4(6)7/h4,7H,2-3H2,1H3. The minimum Gasteiger partial charge on any atom is -0.463 e. The normalized spacial score (nSPS) is 12.8. The van der Waals surface area contributed by atoms with Crippen LogP contribution in [-0.2, 0) is 9.53 Å². The molecule has 54 valence electrons. The smallest absolute Gasteiger partial charge is 0.346 e. The van der Waals surface area contributed by atoms with Crippen LogP contribution in [0.2, 0.25) is 0 Å². The van der Waals surface area contributed by atoms with Crippen molar-refractivity contribution in [2.75, 3.05) is 6.61 Å². The highest BCUT2D eigenvalue weighted by Crippen LogP contribution is 1.96. The zero-order valence-corrected chi connectivity index (χ0v) is 6.72. The molecule has 0 fully saturated rings. The van der Waals surface area contributed by atoms with E-state index in [1.807, 2.05) is 6.92 Å². The molecule has 0 spiro atoms. The molecule has 0 aromatic heterocycles. The Morgan fingerprint density at radius 2 is 2.44 bits per heavy atom. The largest absolute Gasteiger partial charge is 0.463 e. The fourth-order valence-electron chi connectivity index (χ4n) is 0.271. The van der Waals surface area contributed by atoms with Gasteiger partial charge >= 0.3 is 5.97 Å². The Hall–Kier alpha value is -0.0900. The van der Waals surface area contributed by atoms with Gasteiger partial charge in [0.25, 0.3) is 0 Å². The number of carbonyl (C=O) groups excluding carboxylic acids is 1. The second-order valence-corrected chi connectivity index (χ2v) is 2.37. The molecule has 0 aliphatic carbocycles. The molecule has 0 radical (unpaired) electrons. The average molecular weight is 197 g/mol. The van der Waals surface area contributed by atoms with Crippen LogP contribution in [0.25, 0.3) is 0 Å². The first kappa shape index (κ1) is 8.91. The minimum atomic E-state index is -1.18. The predicted octanol–water partition coefficient (Wildman–Crippen LogP) is 0.653. The summed E-state index contributed by atoms with van der Waals surface area (Å²) in [6.45, 7) is 2.25. The van der Waals surface area contributed by atoms with Gasteiger partial charge in [0.1, 0.15) is 0 Å². The van der Waals surface area contributed by atoms with E-state index in [4.69, 9.17) is 5.11 Å². The fraction of sp³-hybridized carbons (Fsp3) is 0.800. The quantitative estimate of drug-likeness (QED) is 0.533. The summed E-state index contributed by atoms with van der Waals surface area (Å²) in [5.41, 5.74) is 0. The molecule has 0 heterocycles. The van der Waals surface area contributed by atoms with Gasteiger partial charge in [0.2, 0.25) is 5.01 Å². The van der Waals surface area contributed by atoms with Crippen LogP contribution in [0.15, 0.2) is 0 Å². The highest BCUT2D eigenvalue weighted by atomic mass is 79.9. The van der Waals surface area contributed by atoms with Crippen molar-refractivity contribution < 1.29 is 14.6 Å². The van der Waals surface area contributed by atoms with Gasteiger partial charge in [0.15, 0.2) is 0 Å². The second kappa shape index (κ2) is 4.76. The van der Waals surface area contributed by atoms with Crippen LogP contribution in [0.3, 0.4) is 0 Å². The average Bonchev–Trinajstić information content (AvgIpc) is 1.82. The molecule has 0 rings (SSSR count). The lowest BCUT2D eigenvalue weighted by Crippen LogP contribution is -2.16. The molecule has 1 N–H and O–H groups in total. The van der Waals surface area contributed by atoms with Gasteiger partial charge in [0, 0.05) is 0 Å². The number of hydrogen-bond acceptors (Lipinski definition) is 3. The van der Waals surface area contributed by atoms with E-state index < -0.39 is 11.0 Å². The van der Waals surface area contributed by atoms with E-state index in [1.165, 1.54) is 0 Å². The monoisotopic (exact) mass is 196 g/mol. The number of ether oxygens (including phenoxy) is 1. The third-order valence-electron chi connectivity index (χ3n) is 0.643. The van der Waals surface area contributed by atoms with Gasteiger partial charge in [0.05, 0.1) is 6.61 Å². The topological polar surface area (TPSA) is 46.5 Å². The lowest BCUT2D eigenvalue weighted by molar-refractivity contribution is -0.148. The fourth-order valence-corrected chi connectivity index (χ4v) is 0.404. The molecule has 0 aliphatic rings. The number of hydrogen-bond donors (Lipinski definition) is 1. The van der Waals surface area contributed by atoms with Crippen LogP contribution in [0.5, 0.6) is 0 Å². The van der Waals surface area contributed by atoms with E-state index >= 15 is 0 Å². The Morgan fingerprint density at radius 1 is 1.89 bits per heavy atom. The van der Waals surface area contributed by atoms with Crippen LogP contribution in [0, 0.1) is 0 Å². The van der Waals surface area contributed by atoms with Gasteiger partial charge in [-0.1, -0.05) is 6.92 Å². The van der Waals surface area contributed by atoms with Crippen LogP contribution >= 0.6 is 15.9 Å². The minimum absolute atomic E-state index is 0.363. The van der Waals surface area contributed by atoms with E-state index in [-0.39, 0.29) is 0 Å². The number of rotatable bonds is 3. The molecule has 0 aromatic carbocycles. The molecule has 3 nitrogen and oxygen atoms in total. The van der Waals surface area contributed by atoms with E-state index in [2.05, 4.69) is 20.7 Å². The van der Waals surface area contributed by atoms with Crippen molar-refractivity contribution in [2.45, 2.75) is 18.4 Å². The summed E-state index contributed by atoms with van der Waals surface area (Å²) >= 11 is 2.65. The molecular weight excluding hydrogens is 188 g/mol. The first-order chi connectivity index (χ1) is 4.18. The summed E-state index contributed by atoms with van der Waals surface area (Å²) < 4.78 is 4.52. The molecule has 0 bridgehead atoms. The van der Waals surface area contributed by atoms with Crippen LogP contribution in [0.4, 0.5) is 0 Å². The second-order valence-electron chi connectivity index (χ2n) is 1.50. The molecule has 0 aromatic rings. The van der Waals surface area contributed by atoms with Gasteiger partial charge in [-0.3, -0.25) is 0 Å². The Morgan fingerprint density at radius 3 is 2.78 bits per heavy atom. The third kappa shape index (κ3) is 4.42. The third-order valence-corrected chi connectivity index (χ3v) is 1.02. The summed E-state index contributed by atoms with van der Waals surface area (Å²) in [7, 11) is 0. The van der Waals surface area contributed by atoms with Crippen molar-refractivity contribution >= 4 is 21.9 Å². The first-order valence-corrected chi connectivity index (χ1v) is 3.58. The number of halogens is 1. The lowest BCUT2D eigenvalue weighted by atomic mass is 10.5. The number of carbonyl (C=O) groups is 1. The van der Waals surface area contributed by atoms with E-state index in [1.54, 1.807) is 0 Å². The Balaban J connectivity index is 3.28. The molecule has 9 heavy (non-hydrogen) atoms. The van der Waals surface area contributed by atoms with Crippen molar-refractivity contribution in [2.24, 2.45) is 0 Å². The summed E-state index contributed by atoms with van der Waals surface area (Å²) in [4.78, 5) is 10.4. The molecule has 0 amide bonds. The summed E-state index contributed by atoms with van der Waals surface area (Å²) in [5.74, 6) is -0.628. The molecule has 0 saturated heterocycles. The number of aliphatic hydroxyl groups excluding tert-OH is 1. The summed E-state index contributed by atoms with van der Waals surface area (Å²) in [5, 5.41) is 7.31. The van der Waals surface area contributed by atoms with E-state index in [0.717, 1.165) is 6.42 Å². The van der Waals surface area contributed by atoms with Crippen molar-refractivity contribution in [1.29, 1.82) is 0 Å². The van der Waals surface area contributed by atoms with Gasteiger partial charge < -0.3 is 9.84 Å². The van der Waals surface area contributed by atoms with E-state index in [9.17, 15) is 4.79 Å². The summed E-state index contributed by atoms with van der Waals surface area (Å²) in [6, 6.07) is 0. The molecule has 1 atom stereocenters. The Kier molecular flexibility index (Phi) is 4.71. The molecule has 4 heteroatoms. The number of alkyl halides is 1. The van der Waals surface area contributed by atoms with Crippen molar-refractivity contribution in [3.05, 3.63) is 0 Å². The van der Waals surface area contributed by atoms with Gasteiger partial charge in [-0.25, -0.2) is 4.79 Å². The predicted molar refractivity (Wildman–Crippen MR) is 36.2 cm³/mol. The van der Waals surface area contributed by atoms with Crippen molar-refractivity contribution in [3.63, 3.8) is 0 Å². The van der Waals surface area contributed by atoms with Gasteiger partial charge in [-0.15, -0.1) is 0 Å². The number of aliphatic hydroxyl groups is 1. The van der Waals surface area contributed by atoms with Crippen LogP contribution in [0.1, 0.15) is 13.3 Å². The SMILES string of the molecule is CCCOC(=O)C(O)Br. The van der Waals surface area contributed by atoms with Crippen LogP contribution < -0.4 is 0 Å². The Bertz CT molecular complexity index is 92.2. The highest BCUT2D eigenvalue weighted by molar-refractivity contribution is 9.09. The van der Waals surface area contributed by atoms with Crippen molar-refractivity contribution in [1.82, 2.24) is 0 Å². The van der Waals surface area contributed by atoms with Gasteiger partial charge in [-0.2, -0.15) is 0 Å². The number of esters is 1. The molecule has 0 saturated carbocycles. The molecule has 0 aliphatic heterocycles. The Labute approximate surface area is 62.1 Å². The maximum Gasteiger partial charge on any atom is 0.346 e. The van der Waals surface area contributed by atoms with Gasteiger partial charge in [-0.05, 0) is 22.4 Å². The lowest BCUT2D eigenvalue weighted by Gasteiger charge is -2.01. The highest BCUT2D eigenvalue weighted by Gasteiger charge is 2.10. The summed E-state index contributed by atoms with van der Waals surface area (Å²) in [6.07, 6.45) is 0.769. The zero-order valence-electron chi connectivity index (χ0n) is 5.13. The maximum absolute atomic E-state index is 10.4. The zero-order chi connectivity index (χ0) is 7.28. The first-order valence-electron chi connectivity index (χ1n) is 2.67. The molecule has 1 unspecified atom stereocenters. The molecular formula is C5H9BrO3. The van der Waals surface area contributed by atoms with E-state index in [0.29, 0.717) is 6.61 Å². The van der Waals surface area contributed by atoms with Crippen molar-refractivity contribution in [3.8, 4) is 0 Å².